The normalized spacial score (nSPS) is 33.0. The van der Waals surface area contributed by atoms with Gasteiger partial charge in [-0.3, -0.25) is 9.80 Å². The lowest BCUT2D eigenvalue weighted by molar-refractivity contribution is -0.00268. The molecule has 4 rings (SSSR count). The predicted molar refractivity (Wildman–Crippen MR) is 92.9 cm³/mol. The Morgan fingerprint density at radius 3 is 2.83 bits per heavy atom. The first-order valence-corrected chi connectivity index (χ1v) is 9.79. The Kier molecular flexibility index (Phi) is 5.02. The van der Waals surface area contributed by atoms with Crippen LogP contribution in [0.1, 0.15) is 16.2 Å². The molecular formula is C18H28N2O2S. The van der Waals surface area contributed by atoms with E-state index in [2.05, 4.69) is 28.9 Å². The predicted octanol–water partition coefficient (Wildman–Crippen LogP) is 2.23. The smallest absolute Gasteiger partial charge is 0.0734 e. The molecule has 0 saturated carbocycles. The van der Waals surface area contributed by atoms with Crippen LogP contribution in [0.5, 0.6) is 0 Å². The summed E-state index contributed by atoms with van der Waals surface area (Å²) in [6, 6.07) is 4.53. The van der Waals surface area contributed by atoms with Crippen LogP contribution >= 0.6 is 11.3 Å². The van der Waals surface area contributed by atoms with Crippen LogP contribution in [0, 0.1) is 18.8 Å². The van der Waals surface area contributed by atoms with Crippen molar-refractivity contribution in [3.8, 4) is 0 Å². The van der Waals surface area contributed by atoms with E-state index in [1.807, 2.05) is 11.3 Å². The van der Waals surface area contributed by atoms with Crippen molar-refractivity contribution in [3.05, 3.63) is 21.9 Å². The van der Waals surface area contributed by atoms with Gasteiger partial charge >= 0.3 is 0 Å². The van der Waals surface area contributed by atoms with E-state index in [1.54, 1.807) is 0 Å². The second kappa shape index (κ2) is 7.19. The molecule has 0 bridgehead atoms. The molecule has 3 atom stereocenters. The number of hydrogen-bond acceptors (Lipinski definition) is 5. The van der Waals surface area contributed by atoms with Crippen molar-refractivity contribution in [2.45, 2.75) is 26.0 Å². The molecule has 4 nitrogen and oxygen atoms in total. The van der Waals surface area contributed by atoms with E-state index in [0.717, 1.165) is 57.8 Å². The highest BCUT2D eigenvalue weighted by Gasteiger charge is 2.41. The van der Waals surface area contributed by atoms with Crippen molar-refractivity contribution < 1.29 is 9.47 Å². The van der Waals surface area contributed by atoms with Crippen molar-refractivity contribution in [3.63, 3.8) is 0 Å². The largest absolute Gasteiger partial charge is 0.379 e. The molecule has 3 aliphatic heterocycles. The van der Waals surface area contributed by atoms with Crippen molar-refractivity contribution >= 4 is 11.3 Å². The second-order valence-corrected chi connectivity index (χ2v) is 8.62. The molecule has 128 valence electrons. The Bertz CT molecular complexity index is 515. The summed E-state index contributed by atoms with van der Waals surface area (Å²) in [5, 5.41) is 0. The summed E-state index contributed by atoms with van der Waals surface area (Å²) in [4.78, 5) is 8.08. The topological polar surface area (TPSA) is 24.9 Å². The van der Waals surface area contributed by atoms with E-state index in [1.165, 1.54) is 29.3 Å². The van der Waals surface area contributed by atoms with Crippen LogP contribution in [0.25, 0.3) is 0 Å². The Morgan fingerprint density at radius 2 is 2.04 bits per heavy atom. The Labute approximate surface area is 143 Å². The maximum Gasteiger partial charge on any atom is 0.0734 e. The fourth-order valence-electron chi connectivity index (χ4n) is 4.32. The van der Waals surface area contributed by atoms with Gasteiger partial charge in [-0.25, -0.2) is 0 Å². The van der Waals surface area contributed by atoms with Gasteiger partial charge in [0.2, 0.25) is 0 Å². The molecular weight excluding hydrogens is 308 g/mol. The molecule has 3 saturated heterocycles. The molecule has 1 aromatic heterocycles. The van der Waals surface area contributed by atoms with Crippen LogP contribution in [-0.4, -0.2) is 68.4 Å². The van der Waals surface area contributed by atoms with E-state index >= 15 is 0 Å². The van der Waals surface area contributed by atoms with Gasteiger partial charge in [-0.15, -0.1) is 11.3 Å². The standard InChI is InChI=1S/C18H28N2O2S/c1-14-2-3-16(23-14)11-20-5-4-17-15(10-20)13-22-18(17)12-19-6-8-21-9-7-19/h2-3,15,17-18H,4-13H2,1H3/t15-,17-,18+/m1/s1. The minimum Gasteiger partial charge on any atom is -0.379 e. The maximum atomic E-state index is 6.20. The summed E-state index contributed by atoms with van der Waals surface area (Å²) < 4.78 is 11.7. The van der Waals surface area contributed by atoms with Crippen LogP contribution in [-0.2, 0) is 16.0 Å². The first-order chi connectivity index (χ1) is 11.3. The summed E-state index contributed by atoms with van der Waals surface area (Å²) in [5.41, 5.74) is 0. The third-order valence-electron chi connectivity index (χ3n) is 5.60. The Balaban J connectivity index is 1.29. The third kappa shape index (κ3) is 3.80. The van der Waals surface area contributed by atoms with Crippen molar-refractivity contribution in [1.82, 2.24) is 9.80 Å². The highest BCUT2D eigenvalue weighted by molar-refractivity contribution is 7.11. The molecule has 0 N–H and O–H groups in total. The number of ether oxygens (including phenoxy) is 2. The average molecular weight is 337 g/mol. The lowest BCUT2D eigenvalue weighted by Crippen LogP contribution is -2.45. The van der Waals surface area contributed by atoms with Crippen LogP contribution < -0.4 is 0 Å². The number of likely N-dealkylation sites (tertiary alicyclic amines) is 1. The van der Waals surface area contributed by atoms with Gasteiger partial charge in [0.15, 0.2) is 0 Å². The summed E-state index contributed by atoms with van der Waals surface area (Å²) >= 11 is 1.94. The Hall–Kier alpha value is -0.460. The zero-order valence-corrected chi connectivity index (χ0v) is 14.9. The lowest BCUT2D eigenvalue weighted by Gasteiger charge is -2.37. The fourth-order valence-corrected chi connectivity index (χ4v) is 5.26. The van der Waals surface area contributed by atoms with Gasteiger partial charge in [-0.05, 0) is 37.9 Å². The van der Waals surface area contributed by atoms with Crippen LogP contribution in [0.15, 0.2) is 12.1 Å². The average Bonchev–Trinajstić information content (AvgIpc) is 3.15. The zero-order chi connectivity index (χ0) is 15.6. The number of aryl methyl sites for hydroxylation is 1. The number of piperidine rings is 1. The second-order valence-electron chi connectivity index (χ2n) is 7.24. The highest BCUT2D eigenvalue weighted by Crippen LogP contribution is 2.35. The quantitative estimate of drug-likeness (QED) is 0.842. The van der Waals surface area contributed by atoms with Gasteiger partial charge in [0, 0.05) is 48.4 Å². The minimum absolute atomic E-state index is 0.448. The lowest BCUT2D eigenvalue weighted by atomic mass is 9.84. The van der Waals surface area contributed by atoms with Crippen LogP contribution in [0.3, 0.4) is 0 Å². The molecule has 0 unspecified atom stereocenters. The third-order valence-corrected chi connectivity index (χ3v) is 6.58. The molecule has 1 aromatic rings. The van der Waals surface area contributed by atoms with E-state index in [0.29, 0.717) is 6.10 Å². The Morgan fingerprint density at radius 1 is 1.17 bits per heavy atom. The molecule has 3 fully saturated rings. The maximum absolute atomic E-state index is 6.20. The number of thiophene rings is 1. The number of nitrogens with zero attached hydrogens (tertiary/aromatic N) is 2. The number of morpholine rings is 1. The van der Waals surface area contributed by atoms with Crippen molar-refractivity contribution in [2.24, 2.45) is 11.8 Å². The zero-order valence-electron chi connectivity index (χ0n) is 14.1. The number of rotatable bonds is 4. The summed E-state index contributed by atoms with van der Waals surface area (Å²) in [7, 11) is 0. The summed E-state index contributed by atoms with van der Waals surface area (Å²) in [6.07, 6.45) is 1.74. The van der Waals surface area contributed by atoms with Gasteiger partial charge in [0.05, 0.1) is 25.9 Å². The summed E-state index contributed by atoms with van der Waals surface area (Å²) in [6.45, 7) is 11.7. The molecule has 0 aliphatic carbocycles. The van der Waals surface area contributed by atoms with E-state index in [-0.39, 0.29) is 0 Å². The van der Waals surface area contributed by atoms with Crippen molar-refractivity contribution in [2.75, 3.05) is 52.5 Å². The molecule has 0 aromatic carbocycles. The molecule has 23 heavy (non-hydrogen) atoms. The molecule has 0 radical (unpaired) electrons. The molecule has 3 aliphatic rings. The molecule has 0 amide bonds. The highest BCUT2D eigenvalue weighted by atomic mass is 32.1. The van der Waals surface area contributed by atoms with Gasteiger partial charge in [-0.1, -0.05) is 0 Å². The van der Waals surface area contributed by atoms with Gasteiger partial charge in [0.25, 0.3) is 0 Å². The van der Waals surface area contributed by atoms with E-state index < -0.39 is 0 Å². The van der Waals surface area contributed by atoms with Gasteiger partial charge < -0.3 is 9.47 Å². The van der Waals surface area contributed by atoms with E-state index in [9.17, 15) is 0 Å². The van der Waals surface area contributed by atoms with Crippen LogP contribution in [0.2, 0.25) is 0 Å². The first kappa shape index (κ1) is 16.0. The van der Waals surface area contributed by atoms with Gasteiger partial charge in [-0.2, -0.15) is 0 Å². The van der Waals surface area contributed by atoms with E-state index in [4.69, 9.17) is 9.47 Å². The molecule has 0 spiro atoms. The first-order valence-electron chi connectivity index (χ1n) is 8.97. The number of fused-ring (bicyclic) bond motifs is 1. The summed E-state index contributed by atoms with van der Waals surface area (Å²) in [5.74, 6) is 1.50. The number of hydrogen-bond donors (Lipinski definition) is 0. The van der Waals surface area contributed by atoms with Crippen molar-refractivity contribution in [1.29, 1.82) is 0 Å². The minimum atomic E-state index is 0.448. The van der Waals surface area contributed by atoms with Crippen LogP contribution in [0.4, 0.5) is 0 Å². The molecule has 5 heteroatoms. The van der Waals surface area contributed by atoms with Gasteiger partial charge in [0.1, 0.15) is 0 Å². The molecule has 4 heterocycles. The SMILES string of the molecule is Cc1ccc(CN2CC[C@@H]3[C@@H](CO[C@H]3CN3CCOCC3)C2)s1. The fraction of sp³-hybridized carbons (Fsp3) is 0.778. The monoisotopic (exact) mass is 336 g/mol.